The summed E-state index contributed by atoms with van der Waals surface area (Å²) in [5, 5.41) is 19.9. The summed E-state index contributed by atoms with van der Waals surface area (Å²) in [6, 6.07) is 3.02. The Morgan fingerprint density at radius 2 is 2.05 bits per heavy atom. The summed E-state index contributed by atoms with van der Waals surface area (Å²) in [6.45, 7) is 6.51. The van der Waals surface area contributed by atoms with E-state index in [2.05, 4.69) is 0 Å². The minimum atomic E-state index is -1.41. The molecule has 0 aromatic heterocycles. The van der Waals surface area contributed by atoms with Crippen LogP contribution in [0, 0.1) is 24.0 Å². The number of nitro benzene ring substituents is 1. The number of nitrogens with two attached hydrogens (primary N) is 1. The zero-order valence-electron chi connectivity index (χ0n) is 12.5. The molecule has 0 bridgehead atoms. The number of hydrogen-bond donors (Lipinski definition) is 2. The fraction of sp³-hybridized carbons (Fsp3) is 0.500. The van der Waals surface area contributed by atoms with Crippen molar-refractivity contribution in [3.05, 3.63) is 33.4 Å². The Bertz CT molecular complexity index is 569. The Labute approximate surface area is 122 Å². The molecule has 7 heteroatoms. The number of benzene rings is 1. The van der Waals surface area contributed by atoms with E-state index in [0.29, 0.717) is 11.3 Å². The lowest BCUT2D eigenvalue weighted by molar-refractivity contribution is -0.385. The van der Waals surface area contributed by atoms with E-state index in [1.807, 2.05) is 0 Å². The van der Waals surface area contributed by atoms with E-state index in [4.69, 9.17) is 15.6 Å². The Kier molecular flexibility index (Phi) is 4.90. The van der Waals surface area contributed by atoms with E-state index < -0.39 is 22.5 Å². The Morgan fingerprint density at radius 3 is 2.52 bits per heavy atom. The van der Waals surface area contributed by atoms with Gasteiger partial charge in [-0.3, -0.25) is 14.9 Å². The summed E-state index contributed by atoms with van der Waals surface area (Å²) < 4.78 is 5.63. The van der Waals surface area contributed by atoms with E-state index in [9.17, 15) is 14.9 Å². The van der Waals surface area contributed by atoms with Gasteiger partial charge in [-0.15, -0.1) is 0 Å². The van der Waals surface area contributed by atoms with Gasteiger partial charge in [0.15, 0.2) is 0 Å². The molecule has 116 valence electrons. The van der Waals surface area contributed by atoms with Gasteiger partial charge in [0.25, 0.3) is 5.69 Å². The van der Waals surface area contributed by atoms with Gasteiger partial charge in [-0.2, -0.15) is 0 Å². The first kappa shape index (κ1) is 16.9. The van der Waals surface area contributed by atoms with Gasteiger partial charge >= 0.3 is 5.97 Å². The number of carboxylic acid groups (broad SMARTS) is 1. The van der Waals surface area contributed by atoms with Crippen molar-refractivity contribution in [2.75, 3.05) is 0 Å². The molecule has 0 aliphatic rings. The van der Waals surface area contributed by atoms with Gasteiger partial charge in [-0.1, -0.05) is 0 Å². The zero-order chi connectivity index (χ0) is 16.4. The van der Waals surface area contributed by atoms with Gasteiger partial charge in [0, 0.05) is 12.0 Å². The molecule has 0 heterocycles. The summed E-state index contributed by atoms with van der Waals surface area (Å²) in [5.41, 5.74) is 5.52. The molecule has 0 spiro atoms. The number of aryl methyl sites for hydroxylation is 2. The molecule has 0 aliphatic carbocycles. The van der Waals surface area contributed by atoms with Crippen molar-refractivity contribution in [1.29, 1.82) is 0 Å². The van der Waals surface area contributed by atoms with Crippen LogP contribution in [0.3, 0.4) is 0 Å². The molecule has 7 nitrogen and oxygen atoms in total. The molecule has 0 amide bonds. The van der Waals surface area contributed by atoms with Gasteiger partial charge < -0.3 is 15.6 Å². The number of carbonyl (C=O) groups is 1. The van der Waals surface area contributed by atoms with Crippen LogP contribution in [0.5, 0.6) is 5.75 Å². The van der Waals surface area contributed by atoms with Crippen molar-refractivity contribution in [3.8, 4) is 5.75 Å². The molecule has 0 radical (unpaired) electrons. The van der Waals surface area contributed by atoms with E-state index >= 15 is 0 Å². The number of nitro groups is 1. The smallest absolute Gasteiger partial charge is 0.323 e. The van der Waals surface area contributed by atoms with Gasteiger partial charge in [0.05, 0.1) is 17.1 Å². The van der Waals surface area contributed by atoms with Gasteiger partial charge in [0.1, 0.15) is 11.3 Å². The standard InChI is InChI=1S/C14H20N2O5/c1-8-5-9(2)12(6-11(8)16(19)20)21-10(3)7-14(4,15)13(17)18/h5-6,10H,7,15H2,1-4H3,(H,17,18). The van der Waals surface area contributed by atoms with Crippen molar-refractivity contribution < 1.29 is 19.6 Å². The first-order valence-corrected chi connectivity index (χ1v) is 6.49. The number of carboxylic acids is 1. The fourth-order valence-electron chi connectivity index (χ4n) is 2.09. The van der Waals surface area contributed by atoms with Crippen LogP contribution in [-0.2, 0) is 4.79 Å². The maximum atomic E-state index is 11.0. The highest BCUT2D eigenvalue weighted by molar-refractivity contribution is 5.77. The average Bonchev–Trinajstić information content (AvgIpc) is 2.31. The quantitative estimate of drug-likeness (QED) is 0.614. The van der Waals surface area contributed by atoms with Crippen LogP contribution in [0.25, 0.3) is 0 Å². The van der Waals surface area contributed by atoms with E-state index in [-0.39, 0.29) is 12.1 Å². The second-order valence-electron chi connectivity index (χ2n) is 5.52. The third-order valence-electron chi connectivity index (χ3n) is 3.22. The Balaban J connectivity index is 2.95. The number of rotatable bonds is 6. The van der Waals surface area contributed by atoms with Gasteiger partial charge in [-0.25, -0.2) is 0 Å². The number of aliphatic carboxylic acids is 1. The summed E-state index contributed by atoms with van der Waals surface area (Å²) in [5.74, 6) is -0.759. The predicted octanol–water partition coefficient (Wildman–Crippen LogP) is 2.17. The molecule has 1 aromatic rings. The van der Waals surface area contributed by atoms with Crippen LogP contribution in [-0.4, -0.2) is 27.6 Å². The third kappa shape index (κ3) is 4.16. The van der Waals surface area contributed by atoms with Crippen molar-refractivity contribution >= 4 is 11.7 Å². The molecule has 0 saturated carbocycles. The molecule has 0 aliphatic heterocycles. The number of ether oxygens (including phenoxy) is 1. The Morgan fingerprint density at radius 1 is 1.48 bits per heavy atom. The minimum absolute atomic E-state index is 0.0310. The highest BCUT2D eigenvalue weighted by Gasteiger charge is 2.31. The normalized spacial score (nSPS) is 15.1. The molecule has 0 fully saturated rings. The second kappa shape index (κ2) is 6.09. The summed E-state index contributed by atoms with van der Waals surface area (Å²) in [4.78, 5) is 21.5. The molecule has 1 rings (SSSR count). The van der Waals surface area contributed by atoms with Gasteiger partial charge in [0.2, 0.25) is 0 Å². The first-order valence-electron chi connectivity index (χ1n) is 6.49. The lowest BCUT2D eigenvalue weighted by atomic mass is 9.96. The van der Waals surface area contributed by atoms with E-state index in [1.165, 1.54) is 13.0 Å². The van der Waals surface area contributed by atoms with Crippen molar-refractivity contribution in [2.45, 2.75) is 45.8 Å². The molecule has 0 saturated heterocycles. The molecule has 21 heavy (non-hydrogen) atoms. The average molecular weight is 296 g/mol. The third-order valence-corrected chi connectivity index (χ3v) is 3.22. The van der Waals surface area contributed by atoms with Crippen LogP contribution < -0.4 is 10.5 Å². The molecule has 2 unspecified atom stereocenters. The fourth-order valence-corrected chi connectivity index (χ4v) is 2.09. The Hall–Kier alpha value is -2.15. The van der Waals surface area contributed by atoms with Crippen LogP contribution in [0.2, 0.25) is 0 Å². The molecular weight excluding hydrogens is 276 g/mol. The molecule has 3 N–H and O–H groups in total. The SMILES string of the molecule is Cc1cc(C)c([N+](=O)[O-])cc1OC(C)CC(C)(N)C(=O)O. The maximum absolute atomic E-state index is 11.0. The monoisotopic (exact) mass is 296 g/mol. The number of hydrogen-bond acceptors (Lipinski definition) is 5. The van der Waals surface area contributed by atoms with Gasteiger partial charge in [-0.05, 0) is 39.3 Å². The van der Waals surface area contributed by atoms with Crippen LogP contribution in [0.4, 0.5) is 5.69 Å². The van der Waals surface area contributed by atoms with Crippen molar-refractivity contribution in [2.24, 2.45) is 5.73 Å². The summed E-state index contributed by atoms with van der Waals surface area (Å²) >= 11 is 0. The summed E-state index contributed by atoms with van der Waals surface area (Å²) in [6.07, 6.45) is -0.402. The highest BCUT2D eigenvalue weighted by Crippen LogP contribution is 2.29. The van der Waals surface area contributed by atoms with E-state index in [1.54, 1.807) is 26.8 Å². The molecule has 1 aromatic carbocycles. The van der Waals surface area contributed by atoms with Crippen LogP contribution in [0.1, 0.15) is 31.4 Å². The lowest BCUT2D eigenvalue weighted by Crippen LogP contribution is -2.47. The predicted molar refractivity (Wildman–Crippen MR) is 77.5 cm³/mol. The van der Waals surface area contributed by atoms with Crippen LogP contribution in [0.15, 0.2) is 12.1 Å². The lowest BCUT2D eigenvalue weighted by Gasteiger charge is -2.24. The molecular formula is C14H20N2O5. The topological polar surface area (TPSA) is 116 Å². The highest BCUT2D eigenvalue weighted by atomic mass is 16.6. The van der Waals surface area contributed by atoms with E-state index in [0.717, 1.165) is 5.56 Å². The molecule has 2 atom stereocenters. The first-order chi connectivity index (χ1) is 9.54. The zero-order valence-corrected chi connectivity index (χ0v) is 12.5. The summed E-state index contributed by atoms with van der Waals surface area (Å²) in [7, 11) is 0. The largest absolute Gasteiger partial charge is 0.490 e. The minimum Gasteiger partial charge on any atom is -0.490 e. The maximum Gasteiger partial charge on any atom is 0.323 e. The van der Waals surface area contributed by atoms with Crippen molar-refractivity contribution in [1.82, 2.24) is 0 Å². The van der Waals surface area contributed by atoms with Crippen molar-refractivity contribution in [3.63, 3.8) is 0 Å². The van der Waals surface area contributed by atoms with Crippen LogP contribution >= 0.6 is 0 Å². The number of nitrogens with zero attached hydrogens (tertiary/aromatic N) is 1. The second-order valence-corrected chi connectivity index (χ2v) is 5.52.